The van der Waals surface area contributed by atoms with Crippen LogP contribution < -0.4 is 10.2 Å². The van der Waals surface area contributed by atoms with Gasteiger partial charge in [0.25, 0.3) is 5.09 Å². The molecule has 0 fully saturated rings. The first-order valence-corrected chi connectivity index (χ1v) is 10.6. The molecule has 0 saturated carbocycles. The van der Waals surface area contributed by atoms with Gasteiger partial charge in [-0.2, -0.15) is 0 Å². The number of carbonyl (C=O) groups excluding carboxylic acids is 1. The Morgan fingerprint density at radius 3 is 2.75 bits per heavy atom. The van der Waals surface area contributed by atoms with E-state index in [1.165, 1.54) is 6.92 Å². The van der Waals surface area contributed by atoms with Gasteiger partial charge in [0.05, 0.1) is 12.7 Å². The second kappa shape index (κ2) is 13.5. The van der Waals surface area contributed by atoms with Gasteiger partial charge in [0.1, 0.15) is 0 Å². The highest BCUT2D eigenvalue weighted by Gasteiger charge is 2.10. The average Bonchev–Trinajstić information content (AvgIpc) is 2.75. The van der Waals surface area contributed by atoms with Crippen LogP contribution in [0.1, 0.15) is 42.6 Å². The highest BCUT2D eigenvalue weighted by molar-refractivity contribution is 6.30. The molecule has 0 saturated heterocycles. The van der Waals surface area contributed by atoms with Gasteiger partial charge in [0.15, 0.2) is 5.75 Å². The molecule has 32 heavy (non-hydrogen) atoms. The molecule has 0 aliphatic rings. The van der Waals surface area contributed by atoms with Crippen LogP contribution in [-0.4, -0.2) is 35.9 Å². The summed E-state index contributed by atoms with van der Waals surface area (Å²) in [4.78, 5) is 35.4. The SMILES string of the molecule is CC(=O)OOc1ccc(CCNCC(O)c2cccc(Cl)c2)cc1CCCCO[N+](=O)[O-]. The number of unbranched alkanes of at least 4 members (excludes halogenated alkanes) is 1. The monoisotopic (exact) mass is 466 g/mol. The Hall–Kier alpha value is -2.88. The van der Waals surface area contributed by atoms with Crippen molar-refractivity contribution in [1.29, 1.82) is 0 Å². The van der Waals surface area contributed by atoms with E-state index < -0.39 is 17.2 Å². The van der Waals surface area contributed by atoms with E-state index in [9.17, 15) is 20.0 Å². The van der Waals surface area contributed by atoms with Crippen LogP contribution in [0.15, 0.2) is 42.5 Å². The second-order valence-electron chi connectivity index (χ2n) is 7.14. The van der Waals surface area contributed by atoms with Gasteiger partial charge < -0.3 is 15.3 Å². The van der Waals surface area contributed by atoms with E-state index in [2.05, 4.69) is 15.0 Å². The smallest absolute Gasteiger partial charge is 0.352 e. The molecule has 0 aromatic heterocycles. The van der Waals surface area contributed by atoms with Crippen molar-refractivity contribution < 1.29 is 29.6 Å². The number of hydrogen-bond acceptors (Lipinski definition) is 8. The fourth-order valence-electron chi connectivity index (χ4n) is 3.03. The van der Waals surface area contributed by atoms with Crippen LogP contribution >= 0.6 is 11.6 Å². The number of nitrogens with zero attached hydrogens (tertiary/aromatic N) is 1. The molecule has 0 amide bonds. The van der Waals surface area contributed by atoms with E-state index in [1.807, 2.05) is 18.2 Å². The standard InChI is InChI=1S/C22H27ClN2O7/c1-16(26)31-32-22-9-8-17(13-19(22)5-2-3-12-30-25(28)29)10-11-24-15-21(27)18-6-4-7-20(23)14-18/h4,6-9,13-14,21,24,27H,2-3,5,10-12,15H2,1H3. The zero-order valence-electron chi connectivity index (χ0n) is 17.8. The lowest BCUT2D eigenvalue weighted by atomic mass is 10.0. The maximum absolute atomic E-state index is 11.0. The van der Waals surface area contributed by atoms with Crippen LogP contribution in [0.25, 0.3) is 0 Å². The quantitative estimate of drug-likeness (QED) is 0.187. The van der Waals surface area contributed by atoms with Crippen molar-refractivity contribution in [3.8, 4) is 5.75 Å². The number of aliphatic hydroxyl groups is 1. The van der Waals surface area contributed by atoms with Crippen molar-refractivity contribution in [3.05, 3.63) is 74.3 Å². The van der Waals surface area contributed by atoms with Gasteiger partial charge >= 0.3 is 5.97 Å². The van der Waals surface area contributed by atoms with Gasteiger partial charge in [-0.05, 0) is 67.1 Å². The van der Waals surface area contributed by atoms with Crippen LogP contribution in [0, 0.1) is 10.1 Å². The van der Waals surface area contributed by atoms with Crippen LogP contribution in [0.4, 0.5) is 0 Å². The van der Waals surface area contributed by atoms with Gasteiger partial charge in [-0.15, -0.1) is 10.1 Å². The molecular formula is C22H27ClN2O7. The molecule has 10 heteroatoms. The number of nitrogens with one attached hydrogen (secondary N) is 1. The van der Waals surface area contributed by atoms with E-state index in [0.717, 1.165) is 16.7 Å². The fourth-order valence-corrected chi connectivity index (χ4v) is 3.23. The predicted octanol–water partition coefficient (Wildman–Crippen LogP) is 3.59. The van der Waals surface area contributed by atoms with Gasteiger partial charge in [-0.3, -0.25) is 9.78 Å². The average molecular weight is 467 g/mol. The first-order chi connectivity index (χ1) is 15.3. The lowest BCUT2D eigenvalue weighted by molar-refractivity contribution is -0.757. The molecule has 1 atom stereocenters. The van der Waals surface area contributed by atoms with E-state index >= 15 is 0 Å². The first-order valence-electron chi connectivity index (χ1n) is 10.2. The normalized spacial score (nSPS) is 11.6. The third-order valence-electron chi connectivity index (χ3n) is 4.57. The van der Waals surface area contributed by atoms with Crippen molar-refractivity contribution in [2.45, 2.75) is 38.7 Å². The Bertz CT molecular complexity index is 894. The fraction of sp³-hybridized carbons (Fsp3) is 0.409. The number of aryl methyl sites for hydroxylation is 1. The van der Waals surface area contributed by atoms with E-state index in [0.29, 0.717) is 49.5 Å². The molecule has 9 nitrogen and oxygen atoms in total. The number of aliphatic hydroxyl groups excluding tert-OH is 1. The summed E-state index contributed by atoms with van der Waals surface area (Å²) in [6.45, 7) is 2.29. The number of halogens is 1. The van der Waals surface area contributed by atoms with Crippen molar-refractivity contribution in [1.82, 2.24) is 5.32 Å². The largest absolute Gasteiger partial charge is 0.387 e. The maximum atomic E-state index is 11.0. The predicted molar refractivity (Wildman–Crippen MR) is 118 cm³/mol. The van der Waals surface area contributed by atoms with Gasteiger partial charge in [-0.25, -0.2) is 4.79 Å². The van der Waals surface area contributed by atoms with Gasteiger partial charge in [0, 0.05) is 18.5 Å². The number of benzene rings is 2. The van der Waals surface area contributed by atoms with Crippen molar-refractivity contribution in [2.75, 3.05) is 19.7 Å². The van der Waals surface area contributed by atoms with Crippen molar-refractivity contribution >= 4 is 17.6 Å². The Morgan fingerprint density at radius 2 is 2.03 bits per heavy atom. The molecule has 0 aliphatic carbocycles. The zero-order chi connectivity index (χ0) is 23.3. The minimum Gasteiger partial charge on any atom is -0.387 e. The van der Waals surface area contributed by atoms with E-state index in [-0.39, 0.29) is 6.61 Å². The van der Waals surface area contributed by atoms with Crippen molar-refractivity contribution in [2.24, 2.45) is 0 Å². The molecule has 0 bridgehead atoms. The topological polar surface area (TPSA) is 120 Å². The Kier molecular flexibility index (Phi) is 10.7. The summed E-state index contributed by atoms with van der Waals surface area (Å²) in [5.41, 5.74) is 2.60. The minimum atomic E-state index is -0.813. The summed E-state index contributed by atoms with van der Waals surface area (Å²) in [5.74, 6) is -0.148. The highest BCUT2D eigenvalue weighted by atomic mass is 35.5. The summed E-state index contributed by atoms with van der Waals surface area (Å²) >= 11 is 5.96. The summed E-state index contributed by atoms with van der Waals surface area (Å²) in [6.07, 6.45) is 1.75. The Labute approximate surface area is 191 Å². The summed E-state index contributed by atoms with van der Waals surface area (Å²) in [7, 11) is 0. The van der Waals surface area contributed by atoms with E-state index in [4.69, 9.17) is 16.5 Å². The molecule has 2 N–H and O–H groups in total. The summed E-state index contributed by atoms with van der Waals surface area (Å²) < 4.78 is 0. The van der Waals surface area contributed by atoms with Crippen LogP contribution in [0.3, 0.4) is 0 Å². The molecule has 0 spiro atoms. The molecular weight excluding hydrogens is 440 g/mol. The van der Waals surface area contributed by atoms with E-state index in [1.54, 1.807) is 24.3 Å². The van der Waals surface area contributed by atoms with Crippen LogP contribution in [0.2, 0.25) is 5.02 Å². The Balaban J connectivity index is 1.87. The lowest BCUT2D eigenvalue weighted by Crippen LogP contribution is -2.23. The lowest BCUT2D eigenvalue weighted by Gasteiger charge is -2.14. The number of hydrogen-bond donors (Lipinski definition) is 2. The summed E-state index contributed by atoms with van der Waals surface area (Å²) in [6, 6.07) is 12.7. The number of carbonyl (C=O) groups is 1. The van der Waals surface area contributed by atoms with Gasteiger partial charge in [0.2, 0.25) is 0 Å². The zero-order valence-corrected chi connectivity index (χ0v) is 18.5. The Morgan fingerprint density at radius 1 is 1.22 bits per heavy atom. The third kappa shape index (κ3) is 9.51. The molecule has 0 aliphatic heterocycles. The number of rotatable bonds is 14. The highest BCUT2D eigenvalue weighted by Crippen LogP contribution is 2.23. The van der Waals surface area contributed by atoms with Crippen LogP contribution in [-0.2, 0) is 27.4 Å². The van der Waals surface area contributed by atoms with Crippen LogP contribution in [0.5, 0.6) is 5.75 Å². The molecule has 2 aromatic rings. The third-order valence-corrected chi connectivity index (χ3v) is 4.81. The minimum absolute atomic E-state index is 0.0195. The first kappa shape index (κ1) is 25.4. The molecule has 174 valence electrons. The summed E-state index contributed by atoms with van der Waals surface area (Å²) in [5, 5.41) is 23.5. The maximum Gasteiger partial charge on any atom is 0.352 e. The molecule has 1 unspecified atom stereocenters. The molecule has 0 radical (unpaired) electrons. The van der Waals surface area contributed by atoms with Gasteiger partial charge in [-0.1, -0.05) is 35.9 Å². The van der Waals surface area contributed by atoms with Crippen molar-refractivity contribution in [3.63, 3.8) is 0 Å². The molecule has 2 rings (SSSR count). The molecule has 2 aromatic carbocycles. The second-order valence-corrected chi connectivity index (χ2v) is 7.58. The molecule has 0 heterocycles.